The van der Waals surface area contributed by atoms with Crippen LogP contribution in [-0.4, -0.2) is 0 Å². The van der Waals surface area contributed by atoms with E-state index in [0.29, 0.717) is 6.04 Å². The van der Waals surface area contributed by atoms with Gasteiger partial charge in [-0.3, -0.25) is 0 Å². The second-order valence-corrected chi connectivity index (χ2v) is 6.02. The number of hydrogen-bond acceptors (Lipinski definition) is 1. The lowest BCUT2D eigenvalue weighted by atomic mass is 10.1. The van der Waals surface area contributed by atoms with Crippen molar-refractivity contribution in [1.29, 1.82) is 0 Å². The first-order chi connectivity index (χ1) is 8.66. The Balaban J connectivity index is 2.00. The van der Waals surface area contributed by atoms with Crippen LogP contribution in [0.2, 0.25) is 0 Å². The second kappa shape index (κ2) is 6.50. The number of nitrogens with one attached hydrogen (secondary N) is 1. The van der Waals surface area contributed by atoms with Crippen LogP contribution in [0, 0.1) is 0 Å². The number of rotatable bonds is 4. The standard InChI is InChI=1S/C15H15Br2N/c1-11(14-7-2-3-8-15(14)17)18-10-12-5-4-6-13(16)9-12/h2-9,11,18H,10H2,1H3. The van der Waals surface area contributed by atoms with E-state index in [2.05, 4.69) is 80.5 Å². The van der Waals surface area contributed by atoms with E-state index in [-0.39, 0.29) is 0 Å². The zero-order chi connectivity index (χ0) is 13.0. The molecule has 0 radical (unpaired) electrons. The highest BCUT2D eigenvalue weighted by Gasteiger charge is 2.07. The van der Waals surface area contributed by atoms with E-state index in [1.807, 2.05) is 12.1 Å². The van der Waals surface area contributed by atoms with Crippen LogP contribution >= 0.6 is 31.9 Å². The molecule has 1 nitrogen and oxygen atoms in total. The Kier molecular flexibility index (Phi) is 4.98. The van der Waals surface area contributed by atoms with Crippen LogP contribution in [0.1, 0.15) is 24.1 Å². The van der Waals surface area contributed by atoms with Crippen molar-refractivity contribution in [3.05, 3.63) is 68.6 Å². The van der Waals surface area contributed by atoms with E-state index in [1.165, 1.54) is 11.1 Å². The molecule has 1 N–H and O–H groups in total. The first kappa shape index (κ1) is 13.8. The summed E-state index contributed by atoms with van der Waals surface area (Å²) in [6, 6.07) is 17.0. The molecule has 94 valence electrons. The molecule has 0 spiro atoms. The van der Waals surface area contributed by atoms with Crippen molar-refractivity contribution >= 4 is 31.9 Å². The third-order valence-electron chi connectivity index (χ3n) is 2.87. The second-order valence-electron chi connectivity index (χ2n) is 4.25. The fraction of sp³-hybridized carbons (Fsp3) is 0.200. The first-order valence-corrected chi connectivity index (χ1v) is 7.47. The number of halogens is 2. The van der Waals surface area contributed by atoms with Gasteiger partial charge in [-0.15, -0.1) is 0 Å². The van der Waals surface area contributed by atoms with Crippen LogP contribution in [-0.2, 0) is 6.54 Å². The highest BCUT2D eigenvalue weighted by atomic mass is 79.9. The summed E-state index contributed by atoms with van der Waals surface area (Å²) in [7, 11) is 0. The van der Waals surface area contributed by atoms with Crippen LogP contribution in [0.15, 0.2) is 57.5 Å². The Hall–Kier alpha value is -0.640. The third-order valence-corrected chi connectivity index (χ3v) is 4.09. The van der Waals surface area contributed by atoms with Gasteiger partial charge in [0.1, 0.15) is 0 Å². The molecule has 18 heavy (non-hydrogen) atoms. The molecule has 0 aromatic heterocycles. The minimum atomic E-state index is 0.319. The SMILES string of the molecule is CC(NCc1cccc(Br)c1)c1ccccc1Br. The predicted octanol–water partition coefficient (Wildman–Crippen LogP) is 5.06. The molecule has 0 aliphatic carbocycles. The highest BCUT2D eigenvalue weighted by molar-refractivity contribution is 9.10. The van der Waals surface area contributed by atoms with Crippen LogP contribution in [0.5, 0.6) is 0 Å². The van der Waals surface area contributed by atoms with Crippen LogP contribution in [0.25, 0.3) is 0 Å². The van der Waals surface area contributed by atoms with E-state index >= 15 is 0 Å². The molecule has 0 saturated heterocycles. The number of benzene rings is 2. The molecule has 1 unspecified atom stereocenters. The van der Waals surface area contributed by atoms with Gasteiger partial charge in [-0.25, -0.2) is 0 Å². The molecule has 2 aromatic rings. The lowest BCUT2D eigenvalue weighted by Gasteiger charge is -2.16. The summed E-state index contributed by atoms with van der Waals surface area (Å²) in [5.41, 5.74) is 2.57. The number of hydrogen-bond donors (Lipinski definition) is 1. The Morgan fingerprint density at radius 2 is 1.83 bits per heavy atom. The molecule has 0 amide bonds. The molecular weight excluding hydrogens is 354 g/mol. The van der Waals surface area contributed by atoms with Crippen molar-refractivity contribution in [2.24, 2.45) is 0 Å². The van der Waals surface area contributed by atoms with Gasteiger partial charge < -0.3 is 5.32 Å². The minimum absolute atomic E-state index is 0.319. The van der Waals surface area contributed by atoms with Crippen molar-refractivity contribution in [2.45, 2.75) is 19.5 Å². The molecule has 2 aromatic carbocycles. The van der Waals surface area contributed by atoms with Crippen molar-refractivity contribution in [1.82, 2.24) is 5.32 Å². The largest absolute Gasteiger partial charge is 0.306 e. The molecular formula is C15H15Br2N. The van der Waals surface area contributed by atoms with E-state index in [1.54, 1.807) is 0 Å². The van der Waals surface area contributed by atoms with Crippen LogP contribution in [0.3, 0.4) is 0 Å². The van der Waals surface area contributed by atoms with Gasteiger partial charge in [-0.05, 0) is 36.2 Å². The van der Waals surface area contributed by atoms with E-state index in [0.717, 1.165) is 15.5 Å². The van der Waals surface area contributed by atoms with Gasteiger partial charge >= 0.3 is 0 Å². The maximum absolute atomic E-state index is 3.59. The fourth-order valence-corrected chi connectivity index (χ4v) is 2.93. The maximum atomic E-state index is 3.59. The molecule has 1 atom stereocenters. The Bertz CT molecular complexity index is 525. The molecule has 0 aliphatic heterocycles. The summed E-state index contributed by atoms with van der Waals surface area (Å²) < 4.78 is 2.27. The van der Waals surface area contributed by atoms with E-state index < -0.39 is 0 Å². The zero-order valence-electron chi connectivity index (χ0n) is 10.2. The zero-order valence-corrected chi connectivity index (χ0v) is 13.3. The van der Waals surface area contributed by atoms with Crippen LogP contribution in [0.4, 0.5) is 0 Å². The average molecular weight is 369 g/mol. The van der Waals surface area contributed by atoms with Crippen molar-refractivity contribution in [3.63, 3.8) is 0 Å². The molecule has 2 rings (SSSR count). The monoisotopic (exact) mass is 367 g/mol. The van der Waals surface area contributed by atoms with Gasteiger partial charge in [-0.2, -0.15) is 0 Å². The van der Waals surface area contributed by atoms with Gasteiger partial charge in [0.2, 0.25) is 0 Å². The third kappa shape index (κ3) is 3.67. The molecule has 0 heterocycles. The van der Waals surface area contributed by atoms with Gasteiger partial charge in [0.05, 0.1) is 0 Å². The lowest BCUT2D eigenvalue weighted by Crippen LogP contribution is -2.18. The van der Waals surface area contributed by atoms with Gasteiger partial charge in [0, 0.05) is 21.5 Å². The Morgan fingerprint density at radius 3 is 2.56 bits per heavy atom. The topological polar surface area (TPSA) is 12.0 Å². The first-order valence-electron chi connectivity index (χ1n) is 5.89. The molecule has 3 heteroatoms. The maximum Gasteiger partial charge on any atom is 0.0306 e. The summed E-state index contributed by atoms with van der Waals surface area (Å²) in [4.78, 5) is 0. The lowest BCUT2D eigenvalue weighted by molar-refractivity contribution is 0.573. The van der Waals surface area contributed by atoms with E-state index in [4.69, 9.17) is 0 Å². The van der Waals surface area contributed by atoms with E-state index in [9.17, 15) is 0 Å². The normalized spacial score (nSPS) is 12.4. The summed E-state index contributed by atoms with van der Waals surface area (Å²) in [6.07, 6.45) is 0. The van der Waals surface area contributed by atoms with Gasteiger partial charge in [0.25, 0.3) is 0 Å². The molecule has 0 fully saturated rings. The van der Waals surface area contributed by atoms with Crippen molar-refractivity contribution in [2.75, 3.05) is 0 Å². The van der Waals surface area contributed by atoms with Gasteiger partial charge in [-0.1, -0.05) is 62.2 Å². The summed E-state index contributed by atoms with van der Waals surface area (Å²) in [5.74, 6) is 0. The average Bonchev–Trinajstić information content (AvgIpc) is 2.37. The van der Waals surface area contributed by atoms with Gasteiger partial charge in [0.15, 0.2) is 0 Å². The van der Waals surface area contributed by atoms with Crippen molar-refractivity contribution in [3.8, 4) is 0 Å². The molecule has 0 saturated carbocycles. The Labute approximate surface area is 125 Å². The summed E-state index contributed by atoms with van der Waals surface area (Å²) >= 11 is 7.08. The summed E-state index contributed by atoms with van der Waals surface area (Å²) in [6.45, 7) is 3.04. The fourth-order valence-electron chi connectivity index (χ4n) is 1.85. The smallest absolute Gasteiger partial charge is 0.0306 e. The minimum Gasteiger partial charge on any atom is -0.306 e. The molecule has 0 bridgehead atoms. The quantitative estimate of drug-likeness (QED) is 0.794. The predicted molar refractivity (Wildman–Crippen MR) is 83.5 cm³/mol. The summed E-state index contributed by atoms with van der Waals surface area (Å²) in [5, 5.41) is 3.53. The van der Waals surface area contributed by atoms with Crippen molar-refractivity contribution < 1.29 is 0 Å². The Morgan fingerprint density at radius 1 is 1.06 bits per heavy atom. The molecule has 0 aliphatic rings. The van der Waals surface area contributed by atoms with Crippen LogP contribution < -0.4 is 5.32 Å². The highest BCUT2D eigenvalue weighted by Crippen LogP contribution is 2.23.